The highest BCUT2D eigenvalue weighted by molar-refractivity contribution is 7.80. The second-order valence-electron chi connectivity index (χ2n) is 5.55. The molecule has 0 aliphatic rings. The Hall–Kier alpha value is -2.81. The fraction of sp³-hybridized carbons (Fsp3) is 0. The maximum atomic E-state index is 12.1. The number of hydrogen-bond acceptors (Lipinski definition) is 5. The predicted molar refractivity (Wildman–Crippen MR) is 115 cm³/mol. The first kappa shape index (κ1) is 17.6. The molecule has 0 aliphatic carbocycles. The van der Waals surface area contributed by atoms with Gasteiger partial charge in [0.1, 0.15) is 5.69 Å². The minimum Gasteiger partial charge on any atom is -0.332 e. The fourth-order valence-electron chi connectivity index (χ4n) is 2.48. The van der Waals surface area contributed by atoms with Crippen molar-refractivity contribution < 1.29 is 0 Å². The highest BCUT2D eigenvalue weighted by atomic mass is 35.5. The number of aromatic amines is 1. The van der Waals surface area contributed by atoms with Crippen molar-refractivity contribution in [2.45, 2.75) is 0 Å². The van der Waals surface area contributed by atoms with Gasteiger partial charge < -0.3 is 10.6 Å². The fourth-order valence-corrected chi connectivity index (χ4v) is 3.87. The predicted octanol–water partition coefficient (Wildman–Crippen LogP) is 4.51. The minimum absolute atomic E-state index is 0.325. The summed E-state index contributed by atoms with van der Waals surface area (Å²) in [5.74, 6) is 0. The molecule has 2 heterocycles. The summed E-state index contributed by atoms with van der Waals surface area (Å²) >= 11 is 12.5. The maximum Gasteiger partial charge on any atom is 0.291 e. The molecule has 2 aromatic carbocycles. The molecule has 134 valence electrons. The van der Waals surface area contributed by atoms with Gasteiger partial charge in [0.05, 0.1) is 4.70 Å². The smallest absolute Gasteiger partial charge is 0.291 e. The summed E-state index contributed by atoms with van der Waals surface area (Å²) < 4.78 is 0.696. The number of fused-ring (bicyclic) bond motifs is 1. The molecule has 9 heteroatoms. The van der Waals surface area contributed by atoms with E-state index in [4.69, 9.17) is 23.8 Å². The van der Waals surface area contributed by atoms with Crippen LogP contribution in [-0.4, -0.2) is 20.3 Å². The molecular formula is C18H12ClN5OS2. The van der Waals surface area contributed by atoms with Gasteiger partial charge in [0, 0.05) is 16.3 Å². The number of nitrogens with one attached hydrogen (secondary N) is 3. The monoisotopic (exact) mass is 413 g/mol. The lowest BCUT2D eigenvalue weighted by Gasteiger charge is -2.07. The van der Waals surface area contributed by atoms with E-state index in [9.17, 15) is 4.79 Å². The van der Waals surface area contributed by atoms with E-state index in [1.54, 1.807) is 12.1 Å². The molecule has 3 N–H and O–H groups in total. The van der Waals surface area contributed by atoms with E-state index in [-0.39, 0.29) is 5.56 Å². The van der Waals surface area contributed by atoms with Crippen LogP contribution >= 0.6 is 35.2 Å². The second kappa shape index (κ2) is 7.43. The Morgan fingerprint density at radius 1 is 1.07 bits per heavy atom. The number of H-pyrrole nitrogens is 1. The topological polar surface area (TPSA) is 82.7 Å². The first-order chi connectivity index (χ1) is 13.1. The molecule has 0 radical (unpaired) electrons. The minimum atomic E-state index is -0.342. The van der Waals surface area contributed by atoms with Gasteiger partial charge in [-0.15, -0.1) is 0 Å². The van der Waals surface area contributed by atoms with Crippen LogP contribution in [0.15, 0.2) is 59.4 Å². The van der Waals surface area contributed by atoms with E-state index in [1.807, 2.05) is 42.5 Å². The Morgan fingerprint density at radius 3 is 2.56 bits per heavy atom. The third-order valence-electron chi connectivity index (χ3n) is 3.70. The summed E-state index contributed by atoms with van der Waals surface area (Å²) in [6.07, 6.45) is 0. The van der Waals surface area contributed by atoms with E-state index in [0.717, 1.165) is 11.3 Å². The van der Waals surface area contributed by atoms with E-state index in [0.29, 0.717) is 31.2 Å². The Morgan fingerprint density at radius 2 is 1.81 bits per heavy atom. The van der Waals surface area contributed by atoms with Gasteiger partial charge in [-0.25, -0.2) is 10.1 Å². The molecule has 0 bridgehead atoms. The molecule has 0 atom stereocenters. The lowest BCUT2D eigenvalue weighted by molar-refractivity contribution is 1.01. The average Bonchev–Trinajstić information content (AvgIpc) is 3.09. The molecule has 0 unspecified atom stereocenters. The molecule has 6 nitrogen and oxygen atoms in total. The van der Waals surface area contributed by atoms with E-state index < -0.39 is 0 Å². The summed E-state index contributed by atoms with van der Waals surface area (Å²) in [4.78, 5) is 16.5. The van der Waals surface area contributed by atoms with Crippen LogP contribution in [0.4, 0.5) is 10.8 Å². The van der Waals surface area contributed by atoms with E-state index in [2.05, 4.69) is 25.8 Å². The second-order valence-corrected chi connectivity index (χ2v) is 7.39. The summed E-state index contributed by atoms with van der Waals surface area (Å²) in [6.45, 7) is 0. The van der Waals surface area contributed by atoms with Crippen molar-refractivity contribution in [3.05, 3.63) is 70.0 Å². The third-order valence-corrected chi connectivity index (χ3v) is 5.13. The largest absolute Gasteiger partial charge is 0.332 e. The third kappa shape index (κ3) is 3.82. The van der Waals surface area contributed by atoms with Crippen LogP contribution in [0.5, 0.6) is 0 Å². The van der Waals surface area contributed by atoms with Crippen molar-refractivity contribution in [2.24, 2.45) is 0 Å². The van der Waals surface area contributed by atoms with Crippen molar-refractivity contribution in [2.75, 3.05) is 10.6 Å². The Bertz CT molecular complexity index is 1170. The van der Waals surface area contributed by atoms with Gasteiger partial charge in [0.15, 0.2) is 15.8 Å². The number of anilines is 2. The number of benzene rings is 2. The Kier molecular flexibility index (Phi) is 4.85. The molecule has 4 aromatic rings. The van der Waals surface area contributed by atoms with Crippen molar-refractivity contribution in [3.63, 3.8) is 0 Å². The molecule has 0 saturated heterocycles. The van der Waals surface area contributed by atoms with E-state index >= 15 is 0 Å². The highest BCUT2D eigenvalue weighted by Gasteiger charge is 2.15. The lowest BCUT2D eigenvalue weighted by Crippen LogP contribution is -2.19. The molecule has 0 spiro atoms. The van der Waals surface area contributed by atoms with Crippen LogP contribution in [0, 0.1) is 0 Å². The lowest BCUT2D eigenvalue weighted by atomic mass is 10.1. The molecule has 0 aliphatic heterocycles. The Balaban J connectivity index is 1.63. The van der Waals surface area contributed by atoms with Crippen molar-refractivity contribution in [1.82, 2.24) is 15.2 Å². The molecule has 27 heavy (non-hydrogen) atoms. The molecule has 0 fully saturated rings. The summed E-state index contributed by atoms with van der Waals surface area (Å²) in [5, 5.41) is 14.3. The first-order valence-electron chi connectivity index (χ1n) is 7.88. The summed E-state index contributed by atoms with van der Waals surface area (Å²) in [5.41, 5.74) is 2.35. The first-order valence-corrected chi connectivity index (χ1v) is 9.48. The molecule has 2 aromatic heterocycles. The standard InChI is InChI=1S/C18H12ClN5OS2/c19-11-6-8-12(9-7-11)20-17(26)22-18-21-14-15(27-18)13(23-24-16(14)25)10-4-2-1-3-5-10/h1-9H,(H,24,25)(H2,20,21,22,26). The summed E-state index contributed by atoms with van der Waals surface area (Å²) in [6, 6.07) is 16.8. The van der Waals surface area contributed by atoms with Gasteiger partial charge in [-0.3, -0.25) is 4.79 Å². The zero-order chi connectivity index (χ0) is 18.8. The van der Waals surface area contributed by atoms with Crippen molar-refractivity contribution >= 4 is 61.3 Å². The number of nitrogens with zero attached hydrogens (tertiary/aromatic N) is 2. The average molecular weight is 414 g/mol. The molecular weight excluding hydrogens is 402 g/mol. The number of halogens is 1. The van der Waals surface area contributed by atoms with Gasteiger partial charge >= 0.3 is 0 Å². The van der Waals surface area contributed by atoms with Crippen LogP contribution in [0.2, 0.25) is 5.02 Å². The van der Waals surface area contributed by atoms with Gasteiger partial charge in [-0.1, -0.05) is 53.3 Å². The van der Waals surface area contributed by atoms with Crippen LogP contribution in [0.3, 0.4) is 0 Å². The number of thiocarbonyl (C=S) groups is 1. The quantitative estimate of drug-likeness (QED) is 0.429. The van der Waals surface area contributed by atoms with Crippen LogP contribution in [-0.2, 0) is 0 Å². The van der Waals surface area contributed by atoms with Gasteiger partial charge in [0.25, 0.3) is 5.56 Å². The van der Waals surface area contributed by atoms with Gasteiger partial charge in [-0.05, 0) is 36.5 Å². The number of aromatic nitrogens is 3. The van der Waals surface area contributed by atoms with Gasteiger partial charge in [-0.2, -0.15) is 5.10 Å². The van der Waals surface area contributed by atoms with Crippen molar-refractivity contribution in [1.29, 1.82) is 0 Å². The van der Waals surface area contributed by atoms with E-state index in [1.165, 1.54) is 11.3 Å². The number of hydrogen-bond donors (Lipinski definition) is 3. The van der Waals surface area contributed by atoms with Crippen molar-refractivity contribution in [3.8, 4) is 11.3 Å². The van der Waals surface area contributed by atoms with Gasteiger partial charge in [0.2, 0.25) is 0 Å². The summed E-state index contributed by atoms with van der Waals surface area (Å²) in [7, 11) is 0. The zero-order valence-corrected chi connectivity index (χ0v) is 16.1. The molecule has 4 rings (SSSR count). The molecule has 0 amide bonds. The zero-order valence-electron chi connectivity index (χ0n) is 13.7. The van der Waals surface area contributed by atoms with Crippen LogP contribution in [0.1, 0.15) is 0 Å². The maximum absolute atomic E-state index is 12.1. The Labute approximate surface area is 168 Å². The molecule has 0 saturated carbocycles. The normalized spacial score (nSPS) is 10.7. The number of thiazole rings is 1. The van der Waals surface area contributed by atoms with Crippen LogP contribution < -0.4 is 16.2 Å². The van der Waals surface area contributed by atoms with Crippen LogP contribution in [0.25, 0.3) is 21.5 Å². The SMILES string of the molecule is O=c1[nH]nc(-c2ccccc2)c2sc(NC(=S)Nc3ccc(Cl)cc3)nc12. The highest BCUT2D eigenvalue weighted by Crippen LogP contribution is 2.31. The number of rotatable bonds is 3.